The molecule has 0 aliphatic carbocycles. The largest absolute Gasteiger partial charge is 0.468 e. The Kier molecular flexibility index (Phi) is 3.62. The molecule has 0 bridgehead atoms. The number of carbonyl (C=O) groups is 1. The number of hydrogen-bond donors (Lipinski definition) is 2. The average molecular weight is 194 g/mol. The SMILES string of the molecule is COC(=O)[C@H](N)[C@@H](N)c1ccccc1. The van der Waals surface area contributed by atoms with Crippen molar-refractivity contribution >= 4 is 5.97 Å². The fourth-order valence-electron chi connectivity index (χ4n) is 1.17. The summed E-state index contributed by atoms with van der Waals surface area (Å²) < 4.78 is 4.51. The van der Waals surface area contributed by atoms with Crippen LogP contribution in [0.25, 0.3) is 0 Å². The molecule has 1 rings (SSSR count). The van der Waals surface area contributed by atoms with Crippen molar-refractivity contribution in [2.75, 3.05) is 7.11 Å². The second kappa shape index (κ2) is 4.74. The van der Waals surface area contributed by atoms with E-state index in [-0.39, 0.29) is 0 Å². The van der Waals surface area contributed by atoms with Crippen LogP contribution in [-0.4, -0.2) is 19.1 Å². The molecule has 0 unspecified atom stereocenters. The molecule has 4 nitrogen and oxygen atoms in total. The van der Waals surface area contributed by atoms with Crippen LogP contribution < -0.4 is 11.5 Å². The van der Waals surface area contributed by atoms with Gasteiger partial charge in [-0.25, -0.2) is 0 Å². The molecule has 0 aromatic heterocycles. The molecule has 4 heteroatoms. The molecule has 0 radical (unpaired) electrons. The summed E-state index contributed by atoms with van der Waals surface area (Å²) in [5.74, 6) is -0.499. The first-order valence-corrected chi connectivity index (χ1v) is 4.30. The van der Waals surface area contributed by atoms with E-state index in [2.05, 4.69) is 4.74 Å². The molecule has 0 fully saturated rings. The summed E-state index contributed by atoms with van der Waals surface area (Å²) in [4.78, 5) is 11.1. The summed E-state index contributed by atoms with van der Waals surface area (Å²) in [7, 11) is 1.29. The number of nitrogens with two attached hydrogens (primary N) is 2. The fraction of sp³-hybridized carbons (Fsp3) is 0.300. The topological polar surface area (TPSA) is 78.3 Å². The molecule has 0 amide bonds. The summed E-state index contributed by atoms with van der Waals surface area (Å²) in [5.41, 5.74) is 12.2. The molecule has 0 aliphatic rings. The van der Waals surface area contributed by atoms with Crippen LogP contribution in [0.3, 0.4) is 0 Å². The number of carbonyl (C=O) groups excluding carboxylic acids is 1. The van der Waals surface area contributed by atoms with Crippen LogP contribution in [0, 0.1) is 0 Å². The Morgan fingerprint density at radius 2 is 1.86 bits per heavy atom. The zero-order valence-corrected chi connectivity index (χ0v) is 8.01. The number of benzene rings is 1. The van der Waals surface area contributed by atoms with Crippen molar-refractivity contribution in [3.8, 4) is 0 Å². The van der Waals surface area contributed by atoms with Gasteiger partial charge in [0.25, 0.3) is 0 Å². The Morgan fingerprint density at radius 3 is 2.36 bits per heavy atom. The smallest absolute Gasteiger partial charge is 0.324 e. The normalized spacial score (nSPS) is 14.5. The van der Waals surface area contributed by atoms with E-state index in [0.717, 1.165) is 5.56 Å². The maximum atomic E-state index is 11.1. The van der Waals surface area contributed by atoms with Crippen LogP contribution in [-0.2, 0) is 9.53 Å². The van der Waals surface area contributed by atoms with Gasteiger partial charge in [0, 0.05) is 0 Å². The van der Waals surface area contributed by atoms with Gasteiger partial charge in [-0.15, -0.1) is 0 Å². The van der Waals surface area contributed by atoms with Gasteiger partial charge in [-0.2, -0.15) is 0 Å². The number of methoxy groups -OCH3 is 1. The molecule has 0 aliphatic heterocycles. The first kappa shape index (κ1) is 10.7. The number of esters is 1. The van der Waals surface area contributed by atoms with E-state index in [9.17, 15) is 4.79 Å². The van der Waals surface area contributed by atoms with Gasteiger partial charge in [0.15, 0.2) is 0 Å². The van der Waals surface area contributed by atoms with E-state index in [1.807, 2.05) is 30.3 Å². The highest BCUT2D eigenvalue weighted by atomic mass is 16.5. The molecule has 1 aromatic rings. The summed E-state index contributed by atoms with van der Waals surface area (Å²) in [6.07, 6.45) is 0. The Bertz CT molecular complexity index is 300. The molecular weight excluding hydrogens is 180 g/mol. The van der Waals surface area contributed by atoms with Crippen LogP contribution >= 0.6 is 0 Å². The van der Waals surface area contributed by atoms with Gasteiger partial charge < -0.3 is 16.2 Å². The maximum absolute atomic E-state index is 11.1. The second-order valence-electron chi connectivity index (χ2n) is 2.99. The lowest BCUT2D eigenvalue weighted by Crippen LogP contribution is -2.41. The molecular formula is C10H14N2O2. The minimum atomic E-state index is -0.817. The predicted octanol–water partition coefficient (Wildman–Crippen LogP) is 0.187. The molecule has 0 saturated heterocycles. The van der Waals surface area contributed by atoms with Gasteiger partial charge in [0.1, 0.15) is 6.04 Å². The lowest BCUT2D eigenvalue weighted by atomic mass is 10.0. The van der Waals surface area contributed by atoms with Gasteiger partial charge in [-0.3, -0.25) is 4.79 Å². The zero-order chi connectivity index (χ0) is 10.6. The Morgan fingerprint density at radius 1 is 1.29 bits per heavy atom. The predicted molar refractivity (Wildman–Crippen MR) is 53.4 cm³/mol. The second-order valence-corrected chi connectivity index (χ2v) is 2.99. The van der Waals surface area contributed by atoms with Crippen LogP contribution in [0.4, 0.5) is 0 Å². The molecule has 76 valence electrons. The fourth-order valence-corrected chi connectivity index (χ4v) is 1.17. The van der Waals surface area contributed by atoms with Gasteiger partial charge >= 0.3 is 5.97 Å². The summed E-state index contributed by atoms with van der Waals surface area (Å²) in [5, 5.41) is 0. The molecule has 0 spiro atoms. The van der Waals surface area contributed by atoms with E-state index < -0.39 is 18.1 Å². The molecule has 0 heterocycles. The maximum Gasteiger partial charge on any atom is 0.324 e. The Labute approximate surface area is 82.8 Å². The van der Waals surface area contributed by atoms with E-state index in [1.54, 1.807) is 0 Å². The summed E-state index contributed by atoms with van der Waals surface area (Å²) in [6, 6.07) is 7.88. The minimum Gasteiger partial charge on any atom is -0.468 e. The Balaban J connectivity index is 2.75. The van der Waals surface area contributed by atoms with Crippen LogP contribution in [0.5, 0.6) is 0 Å². The van der Waals surface area contributed by atoms with Gasteiger partial charge in [0.05, 0.1) is 13.2 Å². The molecule has 4 N–H and O–H groups in total. The van der Waals surface area contributed by atoms with Crippen molar-refractivity contribution in [2.45, 2.75) is 12.1 Å². The third kappa shape index (κ3) is 2.31. The standard InChI is InChI=1S/C10H14N2O2/c1-14-10(13)9(12)8(11)7-5-3-2-4-6-7/h2-6,8-9H,11-12H2,1H3/t8-,9+/m0/s1. The van der Waals surface area contributed by atoms with E-state index in [4.69, 9.17) is 11.5 Å². The monoisotopic (exact) mass is 194 g/mol. The third-order valence-electron chi connectivity index (χ3n) is 2.04. The number of ether oxygens (including phenoxy) is 1. The first-order valence-electron chi connectivity index (χ1n) is 4.30. The van der Waals surface area contributed by atoms with Gasteiger partial charge in [-0.1, -0.05) is 30.3 Å². The zero-order valence-electron chi connectivity index (χ0n) is 8.01. The highest BCUT2D eigenvalue weighted by molar-refractivity contribution is 5.76. The van der Waals surface area contributed by atoms with Gasteiger partial charge in [-0.05, 0) is 5.56 Å². The van der Waals surface area contributed by atoms with Crippen molar-refractivity contribution in [1.82, 2.24) is 0 Å². The minimum absolute atomic E-state index is 0.499. The quantitative estimate of drug-likeness (QED) is 0.673. The first-order chi connectivity index (χ1) is 6.66. The van der Waals surface area contributed by atoms with Crippen LogP contribution in [0.15, 0.2) is 30.3 Å². The third-order valence-corrected chi connectivity index (χ3v) is 2.04. The molecule has 2 atom stereocenters. The molecule has 1 aromatic carbocycles. The van der Waals surface area contributed by atoms with Crippen molar-refractivity contribution < 1.29 is 9.53 Å². The van der Waals surface area contributed by atoms with Crippen molar-refractivity contribution in [3.63, 3.8) is 0 Å². The van der Waals surface area contributed by atoms with Crippen LogP contribution in [0.2, 0.25) is 0 Å². The van der Waals surface area contributed by atoms with Crippen molar-refractivity contribution in [2.24, 2.45) is 11.5 Å². The van der Waals surface area contributed by atoms with Crippen molar-refractivity contribution in [3.05, 3.63) is 35.9 Å². The highest BCUT2D eigenvalue weighted by Crippen LogP contribution is 2.12. The van der Waals surface area contributed by atoms with E-state index in [0.29, 0.717) is 0 Å². The van der Waals surface area contributed by atoms with Gasteiger partial charge in [0.2, 0.25) is 0 Å². The van der Waals surface area contributed by atoms with Crippen LogP contribution in [0.1, 0.15) is 11.6 Å². The van der Waals surface area contributed by atoms with Crippen molar-refractivity contribution in [1.29, 1.82) is 0 Å². The lowest BCUT2D eigenvalue weighted by molar-refractivity contribution is -0.142. The summed E-state index contributed by atoms with van der Waals surface area (Å²) in [6.45, 7) is 0. The molecule has 14 heavy (non-hydrogen) atoms. The average Bonchev–Trinajstić information content (AvgIpc) is 2.27. The number of rotatable bonds is 3. The number of hydrogen-bond acceptors (Lipinski definition) is 4. The summed E-state index contributed by atoms with van der Waals surface area (Å²) >= 11 is 0. The molecule has 0 saturated carbocycles. The van der Waals surface area contributed by atoms with E-state index >= 15 is 0 Å². The highest BCUT2D eigenvalue weighted by Gasteiger charge is 2.22. The Hall–Kier alpha value is -1.39. The lowest BCUT2D eigenvalue weighted by Gasteiger charge is -2.17. The van der Waals surface area contributed by atoms with E-state index in [1.165, 1.54) is 7.11 Å².